The number of hydrogen-bond acceptors (Lipinski definition) is 10. The molecule has 12 N–H and O–H groups in total. The van der Waals surface area contributed by atoms with Crippen LogP contribution in [0.3, 0.4) is 0 Å². The fourth-order valence-electron chi connectivity index (χ4n) is 9.28. The molecule has 0 aliphatic carbocycles. The minimum atomic E-state index is -1.63. The van der Waals surface area contributed by atoms with Crippen LogP contribution in [0.25, 0.3) is 0 Å². The van der Waals surface area contributed by atoms with Gasteiger partial charge in [-0.05, 0) is 75.0 Å². The summed E-state index contributed by atoms with van der Waals surface area (Å²) in [6, 6.07) is 16.6. The molecular formula is C51H66N12O9. The summed E-state index contributed by atoms with van der Waals surface area (Å²) in [5.74, 6) is -7.04. The van der Waals surface area contributed by atoms with Crippen LogP contribution < -0.4 is 48.7 Å². The highest BCUT2D eigenvalue weighted by atomic mass is 16.2. The van der Waals surface area contributed by atoms with Gasteiger partial charge >= 0.3 is 0 Å². The number of nitrogens with two attached hydrogens (primary N) is 2. The van der Waals surface area contributed by atoms with E-state index < -0.39 is 108 Å². The maximum absolute atomic E-state index is 14.6. The van der Waals surface area contributed by atoms with Crippen LogP contribution in [-0.2, 0) is 62.4 Å². The first-order valence-electron chi connectivity index (χ1n) is 24.5. The van der Waals surface area contributed by atoms with Crippen molar-refractivity contribution in [2.24, 2.45) is 11.5 Å². The Morgan fingerprint density at radius 3 is 1.56 bits per heavy atom. The number of hydrogen-bond donors (Lipinski definition) is 10. The van der Waals surface area contributed by atoms with Crippen molar-refractivity contribution in [2.45, 2.75) is 126 Å². The van der Waals surface area contributed by atoms with E-state index in [1.54, 1.807) is 60.7 Å². The predicted molar refractivity (Wildman–Crippen MR) is 265 cm³/mol. The lowest BCUT2D eigenvalue weighted by Gasteiger charge is -2.34. The molecule has 8 atom stereocenters. The number of primary amides is 1. The number of guanidine groups is 1. The first kappa shape index (κ1) is 53.5. The summed E-state index contributed by atoms with van der Waals surface area (Å²) in [7, 11) is 0. The number of aryl methyl sites for hydroxylation is 1. The van der Waals surface area contributed by atoms with Gasteiger partial charge in [0.2, 0.25) is 53.2 Å². The lowest BCUT2D eigenvalue weighted by Crippen LogP contribution is -2.61. The maximum Gasteiger partial charge on any atom is 0.246 e. The molecule has 3 saturated heterocycles. The molecule has 9 amide bonds. The van der Waals surface area contributed by atoms with Gasteiger partial charge in [0.1, 0.15) is 48.3 Å². The number of rotatable bonds is 13. The van der Waals surface area contributed by atoms with Crippen molar-refractivity contribution in [1.82, 2.24) is 47.0 Å². The summed E-state index contributed by atoms with van der Waals surface area (Å²) in [4.78, 5) is 130. The molecule has 3 aromatic carbocycles. The average Bonchev–Trinajstić information content (AvgIpc) is 4.07. The lowest BCUT2D eigenvalue weighted by atomic mass is 10.0. The second-order valence-corrected chi connectivity index (χ2v) is 18.5. The Kier molecular flexibility index (Phi) is 19.2. The van der Waals surface area contributed by atoms with Crippen LogP contribution in [-0.4, -0.2) is 137 Å². The molecule has 0 radical (unpaired) electrons. The molecule has 0 spiro atoms. The van der Waals surface area contributed by atoms with Crippen molar-refractivity contribution in [3.05, 3.63) is 108 Å². The standard InChI is InChI=1S/C51H66N12O9/c1-31-43(65)58-36(24-23-32-14-5-2-6-15-32)49(71)63-27-13-22-41(63)50(72)62-26-12-21-40(62)48(70)57-35(20-11-25-55-51(53)54)44(66)59-37(28-33-16-7-3-8-17-33)46(68)60-38(29-34-18-9-4-10-19-34)47(69)61-39(30-42(52)64)45(67)56-31/h2-10,14-19,31,35-41H,11-13,20-30H2,1H3,(H2,52,64)(H,56,67)(H,57,70)(H,58,65)(H,59,66)(H,60,68)(H,61,69)(H4,53,54,55)/t31-,35-,36-,37-,38-,39-,40-,41+/m0/s1. The van der Waals surface area contributed by atoms with Gasteiger partial charge in [-0.1, -0.05) is 91.0 Å². The van der Waals surface area contributed by atoms with Crippen molar-refractivity contribution in [2.75, 3.05) is 19.6 Å². The van der Waals surface area contributed by atoms with Gasteiger partial charge in [0, 0.05) is 32.5 Å². The summed E-state index contributed by atoms with van der Waals surface area (Å²) in [6.45, 7) is 1.93. The molecule has 0 saturated carbocycles. The molecule has 6 rings (SSSR count). The van der Waals surface area contributed by atoms with Gasteiger partial charge in [0.15, 0.2) is 5.96 Å². The highest BCUT2D eigenvalue weighted by molar-refractivity contribution is 6.00. The number of nitrogens with zero attached hydrogens (tertiary/aromatic N) is 2. The molecule has 0 aromatic heterocycles. The van der Waals surface area contributed by atoms with E-state index in [0.29, 0.717) is 36.8 Å². The van der Waals surface area contributed by atoms with Crippen LogP contribution >= 0.6 is 0 Å². The van der Waals surface area contributed by atoms with Crippen molar-refractivity contribution >= 4 is 59.1 Å². The fraction of sp³-hybridized carbons (Fsp3) is 0.451. The SMILES string of the molecule is C[C@@H]1NC(=O)[C@H](CC(N)=O)NC(=O)[C@H](Cc2ccccc2)NC(=O)[C@H](Cc2ccccc2)NC(=O)[C@H](CCCNC(=N)N)NC(=O)[C@@H]2CCCN2C(=O)[C@H]2CCCN2C(=O)[C@H](CCc2ccccc2)NC1=O. The van der Waals surface area contributed by atoms with Crippen LogP contribution in [0.15, 0.2) is 91.0 Å². The summed E-state index contributed by atoms with van der Waals surface area (Å²) in [6.07, 6.45) is 1.34. The van der Waals surface area contributed by atoms with E-state index in [-0.39, 0.29) is 64.1 Å². The Hall–Kier alpha value is -7.84. The fourth-order valence-corrected chi connectivity index (χ4v) is 9.28. The van der Waals surface area contributed by atoms with E-state index in [4.69, 9.17) is 16.9 Å². The normalized spacial score (nSPS) is 25.1. The third-order valence-corrected chi connectivity index (χ3v) is 13.1. The smallest absolute Gasteiger partial charge is 0.246 e. The molecule has 0 bridgehead atoms. The molecule has 3 fully saturated rings. The lowest BCUT2D eigenvalue weighted by molar-refractivity contribution is -0.148. The zero-order valence-electron chi connectivity index (χ0n) is 40.4. The maximum atomic E-state index is 14.6. The topological polar surface area (TPSA) is 320 Å². The van der Waals surface area contributed by atoms with Gasteiger partial charge in [-0.25, -0.2) is 0 Å². The number of carbonyl (C=O) groups excluding carboxylic acids is 9. The second-order valence-electron chi connectivity index (χ2n) is 18.5. The molecule has 21 heteroatoms. The van der Waals surface area contributed by atoms with E-state index in [1.165, 1.54) is 16.7 Å². The van der Waals surface area contributed by atoms with E-state index in [9.17, 15) is 43.2 Å². The van der Waals surface area contributed by atoms with Crippen molar-refractivity contribution in [3.63, 3.8) is 0 Å². The van der Waals surface area contributed by atoms with E-state index >= 15 is 0 Å². The van der Waals surface area contributed by atoms with Crippen LogP contribution in [0.4, 0.5) is 0 Å². The minimum Gasteiger partial charge on any atom is -0.370 e. The first-order valence-corrected chi connectivity index (χ1v) is 24.5. The van der Waals surface area contributed by atoms with Crippen molar-refractivity contribution in [3.8, 4) is 0 Å². The molecule has 21 nitrogen and oxygen atoms in total. The average molecular weight is 991 g/mol. The zero-order valence-corrected chi connectivity index (χ0v) is 40.4. The third kappa shape index (κ3) is 15.1. The monoisotopic (exact) mass is 991 g/mol. The summed E-state index contributed by atoms with van der Waals surface area (Å²) in [5.41, 5.74) is 13.2. The number of carbonyl (C=O) groups is 9. The van der Waals surface area contributed by atoms with E-state index in [1.807, 2.05) is 30.3 Å². The number of nitrogens with one attached hydrogen (secondary N) is 8. The zero-order chi connectivity index (χ0) is 51.7. The highest BCUT2D eigenvalue weighted by Crippen LogP contribution is 2.27. The third-order valence-electron chi connectivity index (χ3n) is 13.1. The molecule has 72 heavy (non-hydrogen) atoms. The van der Waals surface area contributed by atoms with Gasteiger partial charge < -0.3 is 58.5 Å². The van der Waals surface area contributed by atoms with E-state index in [0.717, 1.165) is 5.56 Å². The Labute approximate surface area is 418 Å². The van der Waals surface area contributed by atoms with Crippen molar-refractivity contribution < 1.29 is 43.2 Å². The number of fused-ring (bicyclic) bond motifs is 2. The summed E-state index contributed by atoms with van der Waals surface area (Å²) >= 11 is 0. The van der Waals surface area contributed by atoms with Crippen LogP contribution in [0, 0.1) is 5.41 Å². The molecular weight excluding hydrogens is 925 g/mol. The molecule has 384 valence electrons. The molecule has 0 unspecified atom stereocenters. The number of amides is 9. The molecule has 3 heterocycles. The van der Waals surface area contributed by atoms with Gasteiger partial charge in [0.25, 0.3) is 0 Å². The van der Waals surface area contributed by atoms with Crippen LogP contribution in [0.1, 0.15) is 75.0 Å². The Morgan fingerprint density at radius 2 is 1.01 bits per heavy atom. The Morgan fingerprint density at radius 1 is 0.556 bits per heavy atom. The first-order chi connectivity index (χ1) is 34.6. The number of benzene rings is 3. The van der Waals surface area contributed by atoms with E-state index in [2.05, 4.69) is 37.2 Å². The minimum absolute atomic E-state index is 0.0140. The second kappa shape index (κ2) is 25.9. The summed E-state index contributed by atoms with van der Waals surface area (Å²) < 4.78 is 0. The van der Waals surface area contributed by atoms with Gasteiger partial charge in [-0.2, -0.15) is 0 Å². The van der Waals surface area contributed by atoms with Crippen molar-refractivity contribution in [1.29, 1.82) is 5.41 Å². The largest absolute Gasteiger partial charge is 0.370 e. The molecule has 3 aliphatic heterocycles. The molecule has 3 aliphatic rings. The Balaban J connectivity index is 1.38. The predicted octanol–water partition coefficient (Wildman–Crippen LogP) is -0.832. The molecule has 3 aromatic rings. The van der Waals surface area contributed by atoms with Gasteiger partial charge in [0.05, 0.1) is 6.42 Å². The Bertz CT molecular complexity index is 2430. The highest BCUT2D eigenvalue weighted by Gasteiger charge is 2.44. The quantitative estimate of drug-likeness (QED) is 0.0573. The summed E-state index contributed by atoms with van der Waals surface area (Å²) in [5, 5.41) is 26.5. The van der Waals surface area contributed by atoms with Crippen LogP contribution in [0.2, 0.25) is 0 Å². The van der Waals surface area contributed by atoms with Crippen LogP contribution in [0.5, 0.6) is 0 Å². The van der Waals surface area contributed by atoms with Gasteiger partial charge in [-0.3, -0.25) is 48.6 Å². The van der Waals surface area contributed by atoms with Gasteiger partial charge in [-0.15, -0.1) is 0 Å².